The first-order valence-electron chi connectivity index (χ1n) is 7.33. The molecule has 1 aliphatic rings. The molecule has 0 bridgehead atoms. The van der Waals surface area contributed by atoms with Crippen molar-refractivity contribution in [3.63, 3.8) is 0 Å². The molecule has 2 heteroatoms. The maximum Gasteiger partial charge on any atom is 0.121 e. The van der Waals surface area contributed by atoms with Gasteiger partial charge >= 0.3 is 0 Å². The van der Waals surface area contributed by atoms with Gasteiger partial charge in [-0.25, -0.2) is 0 Å². The van der Waals surface area contributed by atoms with Crippen LogP contribution in [0.1, 0.15) is 43.4 Å². The van der Waals surface area contributed by atoms with Crippen molar-refractivity contribution in [1.82, 2.24) is 0 Å². The molecule has 0 spiro atoms. The molecule has 0 amide bonds. The summed E-state index contributed by atoms with van der Waals surface area (Å²) in [6.45, 7) is 4.20. The summed E-state index contributed by atoms with van der Waals surface area (Å²) in [7, 11) is 0. The molecule has 3 rings (SSSR count). The van der Waals surface area contributed by atoms with Crippen molar-refractivity contribution < 1.29 is 4.74 Å². The highest BCUT2D eigenvalue weighted by Crippen LogP contribution is 2.52. The molecule has 1 heterocycles. The van der Waals surface area contributed by atoms with E-state index in [-0.39, 0.29) is 5.60 Å². The van der Waals surface area contributed by atoms with E-state index in [0.717, 1.165) is 5.56 Å². The first-order chi connectivity index (χ1) is 10.1. The molecule has 2 aromatic carbocycles. The van der Waals surface area contributed by atoms with Crippen LogP contribution in [0.5, 0.6) is 0 Å². The second-order valence-corrected chi connectivity index (χ2v) is 6.01. The predicted octanol–water partition coefficient (Wildman–Crippen LogP) is 4.50. The van der Waals surface area contributed by atoms with Gasteiger partial charge in [0.1, 0.15) is 5.60 Å². The van der Waals surface area contributed by atoms with Crippen LogP contribution in [-0.4, -0.2) is 0 Å². The van der Waals surface area contributed by atoms with Gasteiger partial charge in [0.25, 0.3) is 0 Å². The lowest BCUT2D eigenvalue weighted by Crippen LogP contribution is -2.30. The second-order valence-electron chi connectivity index (χ2n) is 6.01. The Morgan fingerprint density at radius 3 is 2.24 bits per heavy atom. The molecule has 21 heavy (non-hydrogen) atoms. The van der Waals surface area contributed by atoms with Gasteiger partial charge in [0.05, 0.1) is 11.7 Å². The minimum atomic E-state index is -0.517. The van der Waals surface area contributed by atoms with Crippen molar-refractivity contribution in [2.45, 2.75) is 37.9 Å². The molecular formula is C19H19NO. The number of fused-ring (bicyclic) bond motifs is 1. The highest BCUT2D eigenvalue weighted by atomic mass is 16.5. The van der Waals surface area contributed by atoms with Gasteiger partial charge in [-0.3, -0.25) is 0 Å². The summed E-state index contributed by atoms with van der Waals surface area (Å²) in [5.41, 5.74) is 2.67. The van der Waals surface area contributed by atoms with Crippen LogP contribution in [0.15, 0.2) is 54.6 Å². The van der Waals surface area contributed by atoms with Crippen molar-refractivity contribution in [3.05, 3.63) is 71.3 Å². The highest BCUT2D eigenvalue weighted by molar-refractivity contribution is 5.47. The second kappa shape index (κ2) is 5.02. The first-order valence-corrected chi connectivity index (χ1v) is 7.33. The van der Waals surface area contributed by atoms with E-state index >= 15 is 0 Å². The number of hydrogen-bond donors (Lipinski definition) is 0. The molecule has 1 atom stereocenters. The van der Waals surface area contributed by atoms with E-state index in [9.17, 15) is 0 Å². The van der Waals surface area contributed by atoms with Crippen molar-refractivity contribution in [2.75, 3.05) is 0 Å². The zero-order chi connectivity index (χ0) is 14.9. The third kappa shape index (κ3) is 2.14. The van der Waals surface area contributed by atoms with Crippen LogP contribution < -0.4 is 0 Å². The molecule has 1 unspecified atom stereocenters. The molecule has 0 saturated heterocycles. The van der Waals surface area contributed by atoms with E-state index in [1.807, 2.05) is 24.3 Å². The minimum absolute atomic E-state index is 0.345. The standard InChI is InChI=1S/C19H19NO/c1-18(2)16-11-6-7-12-17(16)19(21-18,13-8-14-20)15-9-4-3-5-10-15/h3-7,9-12H,8,13H2,1-2H3. The number of nitrogens with zero attached hydrogens (tertiary/aromatic N) is 1. The fourth-order valence-electron chi connectivity index (χ4n) is 3.39. The van der Waals surface area contributed by atoms with Crippen LogP contribution in [0, 0.1) is 11.3 Å². The van der Waals surface area contributed by atoms with Crippen molar-refractivity contribution in [2.24, 2.45) is 0 Å². The first kappa shape index (κ1) is 13.9. The van der Waals surface area contributed by atoms with Crippen LogP contribution >= 0.6 is 0 Å². The Kier molecular flexibility index (Phi) is 3.31. The third-order valence-electron chi connectivity index (χ3n) is 4.27. The molecule has 0 radical (unpaired) electrons. The van der Waals surface area contributed by atoms with Gasteiger partial charge in [-0.2, -0.15) is 5.26 Å². The average molecular weight is 277 g/mol. The topological polar surface area (TPSA) is 33.0 Å². The number of hydrogen-bond acceptors (Lipinski definition) is 2. The summed E-state index contributed by atoms with van der Waals surface area (Å²) in [6, 6.07) is 20.9. The van der Waals surface area contributed by atoms with E-state index in [1.54, 1.807) is 0 Å². The Balaban J connectivity index is 2.21. The van der Waals surface area contributed by atoms with E-state index < -0.39 is 5.60 Å². The smallest absolute Gasteiger partial charge is 0.121 e. The van der Waals surface area contributed by atoms with Crippen LogP contribution in [0.4, 0.5) is 0 Å². The van der Waals surface area contributed by atoms with Gasteiger partial charge in [-0.05, 0) is 37.0 Å². The zero-order valence-corrected chi connectivity index (χ0v) is 12.5. The SMILES string of the molecule is CC1(C)OC(CCC#N)(c2ccccc2)c2ccccc21. The summed E-state index contributed by atoms with van der Waals surface area (Å²) >= 11 is 0. The molecular weight excluding hydrogens is 258 g/mol. The molecule has 2 aromatic rings. The zero-order valence-electron chi connectivity index (χ0n) is 12.5. The summed E-state index contributed by atoms with van der Waals surface area (Å²) < 4.78 is 6.54. The molecule has 2 nitrogen and oxygen atoms in total. The van der Waals surface area contributed by atoms with Gasteiger partial charge in [0, 0.05) is 6.42 Å². The fourth-order valence-corrected chi connectivity index (χ4v) is 3.39. The maximum absolute atomic E-state index is 9.06. The normalized spacial score (nSPS) is 22.5. The monoisotopic (exact) mass is 277 g/mol. The van der Waals surface area contributed by atoms with E-state index in [2.05, 4.69) is 50.2 Å². The summed E-state index contributed by atoms with van der Waals surface area (Å²) in [4.78, 5) is 0. The molecule has 0 N–H and O–H groups in total. The van der Waals surface area contributed by atoms with E-state index in [1.165, 1.54) is 11.1 Å². The van der Waals surface area contributed by atoms with Crippen LogP contribution in [0.3, 0.4) is 0 Å². The average Bonchev–Trinajstić information content (AvgIpc) is 2.75. The van der Waals surface area contributed by atoms with Gasteiger partial charge in [0.2, 0.25) is 0 Å². The molecule has 0 aliphatic carbocycles. The van der Waals surface area contributed by atoms with Gasteiger partial charge in [-0.1, -0.05) is 54.6 Å². The Morgan fingerprint density at radius 2 is 1.57 bits per heavy atom. The largest absolute Gasteiger partial charge is 0.355 e. The van der Waals surface area contributed by atoms with Crippen LogP contribution in [0.2, 0.25) is 0 Å². The lowest BCUT2D eigenvalue weighted by molar-refractivity contribution is -0.105. The van der Waals surface area contributed by atoms with Crippen LogP contribution in [-0.2, 0) is 15.9 Å². The molecule has 0 fully saturated rings. The molecule has 0 saturated carbocycles. The number of ether oxygens (including phenoxy) is 1. The molecule has 0 aromatic heterocycles. The summed E-state index contributed by atoms with van der Waals surface area (Å²) in [5.74, 6) is 0. The Hall–Kier alpha value is -2.11. The predicted molar refractivity (Wildman–Crippen MR) is 82.6 cm³/mol. The molecule has 1 aliphatic heterocycles. The number of nitriles is 1. The number of benzene rings is 2. The van der Waals surface area contributed by atoms with Crippen molar-refractivity contribution in [1.29, 1.82) is 5.26 Å². The fraction of sp³-hybridized carbons (Fsp3) is 0.316. The third-order valence-corrected chi connectivity index (χ3v) is 4.27. The summed E-state index contributed by atoms with van der Waals surface area (Å²) in [5, 5.41) is 9.06. The van der Waals surface area contributed by atoms with Gasteiger partial charge in [-0.15, -0.1) is 0 Å². The van der Waals surface area contributed by atoms with E-state index in [4.69, 9.17) is 10.00 Å². The van der Waals surface area contributed by atoms with Gasteiger partial charge in [0.15, 0.2) is 0 Å². The van der Waals surface area contributed by atoms with Crippen molar-refractivity contribution >= 4 is 0 Å². The maximum atomic E-state index is 9.06. The van der Waals surface area contributed by atoms with Gasteiger partial charge < -0.3 is 4.74 Å². The Morgan fingerprint density at radius 1 is 0.952 bits per heavy atom. The Labute approximate surface area is 126 Å². The quantitative estimate of drug-likeness (QED) is 0.827. The minimum Gasteiger partial charge on any atom is -0.355 e. The van der Waals surface area contributed by atoms with Crippen LogP contribution in [0.25, 0.3) is 0 Å². The number of rotatable bonds is 3. The summed E-state index contributed by atoms with van der Waals surface area (Å²) in [6.07, 6.45) is 1.15. The highest BCUT2D eigenvalue weighted by Gasteiger charge is 2.49. The lowest BCUT2D eigenvalue weighted by atomic mass is 9.81. The molecule has 106 valence electrons. The van der Waals surface area contributed by atoms with Crippen molar-refractivity contribution in [3.8, 4) is 6.07 Å². The van der Waals surface area contributed by atoms with E-state index in [0.29, 0.717) is 12.8 Å². The Bertz CT molecular complexity index is 684. The lowest BCUT2D eigenvalue weighted by Gasteiger charge is -2.32.